The zero-order valence-corrected chi connectivity index (χ0v) is 16.6. The quantitative estimate of drug-likeness (QED) is 0.674. The van der Waals surface area contributed by atoms with Gasteiger partial charge in [0, 0.05) is 12.1 Å². The molecule has 1 aliphatic rings. The third kappa shape index (κ3) is 5.73. The number of methoxy groups -OCH3 is 1. The summed E-state index contributed by atoms with van der Waals surface area (Å²) >= 11 is 0. The first-order valence-corrected chi connectivity index (χ1v) is 9.96. The number of benzene rings is 2. The molecule has 3 rings (SSSR count). The molecular formula is C23H27NO5. The molecule has 1 amide bonds. The second-order valence-electron chi connectivity index (χ2n) is 7.32. The van der Waals surface area contributed by atoms with Gasteiger partial charge in [-0.2, -0.15) is 0 Å². The minimum absolute atomic E-state index is 0.0495. The summed E-state index contributed by atoms with van der Waals surface area (Å²) in [5.41, 5.74) is 1.34. The van der Waals surface area contributed by atoms with Gasteiger partial charge in [-0.3, -0.25) is 9.59 Å². The highest BCUT2D eigenvalue weighted by Gasteiger charge is 2.22. The number of carbonyl (C=O) groups is 2. The molecule has 6 heteroatoms. The van der Waals surface area contributed by atoms with E-state index in [1.807, 2.05) is 30.3 Å². The number of ether oxygens (including phenoxy) is 2. The Kier molecular flexibility index (Phi) is 7.11. The molecule has 0 radical (unpaired) electrons. The van der Waals surface area contributed by atoms with E-state index in [0.717, 1.165) is 31.2 Å². The summed E-state index contributed by atoms with van der Waals surface area (Å²) in [6, 6.07) is 14.4. The molecule has 1 atom stereocenters. The molecule has 6 nitrogen and oxygen atoms in total. The summed E-state index contributed by atoms with van der Waals surface area (Å²) in [4.78, 5) is 24.2. The van der Waals surface area contributed by atoms with Crippen LogP contribution in [-0.4, -0.2) is 36.7 Å². The van der Waals surface area contributed by atoms with Crippen LogP contribution in [0.3, 0.4) is 0 Å². The van der Waals surface area contributed by atoms with Gasteiger partial charge < -0.3 is 19.9 Å². The molecule has 0 spiro atoms. The maximum atomic E-state index is 12.6. The Bertz CT molecular complexity index is 830. The zero-order valence-electron chi connectivity index (χ0n) is 16.6. The summed E-state index contributed by atoms with van der Waals surface area (Å²) in [5.74, 6) is -0.835. The lowest BCUT2D eigenvalue weighted by Crippen LogP contribution is -2.34. The molecule has 2 N–H and O–H groups in total. The minimum atomic E-state index is -0.936. The van der Waals surface area contributed by atoms with Crippen LogP contribution >= 0.6 is 0 Å². The van der Waals surface area contributed by atoms with Gasteiger partial charge in [-0.05, 0) is 55.9 Å². The van der Waals surface area contributed by atoms with Crippen molar-refractivity contribution in [1.82, 2.24) is 5.32 Å². The Labute approximate surface area is 170 Å². The SMILES string of the molecule is COc1ccc(C(=O)NCC(Cc2ccccc2)C(=O)O)cc1OC1CCCC1. The molecule has 0 aliphatic heterocycles. The van der Waals surface area contributed by atoms with E-state index in [0.29, 0.717) is 23.5 Å². The summed E-state index contributed by atoms with van der Waals surface area (Å²) in [6.45, 7) is 0.0495. The average molecular weight is 397 g/mol. The van der Waals surface area contributed by atoms with Crippen molar-refractivity contribution >= 4 is 11.9 Å². The van der Waals surface area contributed by atoms with Crippen LogP contribution in [0.15, 0.2) is 48.5 Å². The normalized spacial score (nSPS) is 14.9. The summed E-state index contributed by atoms with van der Waals surface area (Å²) in [7, 11) is 1.57. The Morgan fingerprint density at radius 3 is 2.48 bits per heavy atom. The van der Waals surface area contributed by atoms with Crippen molar-refractivity contribution < 1.29 is 24.2 Å². The van der Waals surface area contributed by atoms with Gasteiger partial charge in [-0.25, -0.2) is 0 Å². The predicted octanol–water partition coefficient (Wildman–Crippen LogP) is 3.69. The molecule has 1 aliphatic carbocycles. The maximum Gasteiger partial charge on any atom is 0.308 e. The van der Waals surface area contributed by atoms with Crippen molar-refractivity contribution in [2.24, 2.45) is 5.92 Å². The third-order valence-corrected chi connectivity index (χ3v) is 5.20. The Hall–Kier alpha value is -3.02. The summed E-state index contributed by atoms with van der Waals surface area (Å²) in [5, 5.41) is 12.2. The Balaban J connectivity index is 1.64. The largest absolute Gasteiger partial charge is 0.493 e. The fraction of sp³-hybridized carbons (Fsp3) is 0.391. The van der Waals surface area contributed by atoms with Gasteiger partial charge in [0.2, 0.25) is 0 Å². The smallest absolute Gasteiger partial charge is 0.308 e. The van der Waals surface area contributed by atoms with Crippen LogP contribution in [0.2, 0.25) is 0 Å². The predicted molar refractivity (Wildman–Crippen MR) is 109 cm³/mol. The fourth-order valence-electron chi connectivity index (χ4n) is 3.56. The van der Waals surface area contributed by atoms with Crippen LogP contribution in [0.5, 0.6) is 11.5 Å². The third-order valence-electron chi connectivity index (χ3n) is 5.20. The number of rotatable bonds is 9. The highest BCUT2D eigenvalue weighted by atomic mass is 16.5. The second kappa shape index (κ2) is 9.96. The van der Waals surface area contributed by atoms with Gasteiger partial charge in [-0.15, -0.1) is 0 Å². The van der Waals surface area contributed by atoms with Crippen LogP contribution in [-0.2, 0) is 11.2 Å². The van der Waals surface area contributed by atoms with Gasteiger partial charge in [0.1, 0.15) is 0 Å². The van der Waals surface area contributed by atoms with E-state index >= 15 is 0 Å². The number of carboxylic acids is 1. The van der Waals surface area contributed by atoms with Crippen LogP contribution in [0.4, 0.5) is 0 Å². The Morgan fingerprint density at radius 1 is 1.10 bits per heavy atom. The van der Waals surface area contributed by atoms with Crippen LogP contribution < -0.4 is 14.8 Å². The minimum Gasteiger partial charge on any atom is -0.493 e. The first kappa shape index (κ1) is 20.7. The van der Waals surface area contributed by atoms with Crippen molar-refractivity contribution in [3.8, 4) is 11.5 Å². The zero-order chi connectivity index (χ0) is 20.6. The van der Waals surface area contributed by atoms with Gasteiger partial charge in [0.05, 0.1) is 19.1 Å². The van der Waals surface area contributed by atoms with Crippen LogP contribution in [0, 0.1) is 5.92 Å². The van der Waals surface area contributed by atoms with E-state index in [2.05, 4.69) is 5.32 Å². The first-order valence-electron chi connectivity index (χ1n) is 9.96. The molecule has 1 saturated carbocycles. The highest BCUT2D eigenvalue weighted by Crippen LogP contribution is 2.32. The van der Waals surface area contributed by atoms with E-state index in [9.17, 15) is 14.7 Å². The van der Waals surface area contributed by atoms with Crippen molar-refractivity contribution in [2.75, 3.05) is 13.7 Å². The van der Waals surface area contributed by atoms with Crippen LogP contribution in [0.1, 0.15) is 41.6 Å². The Morgan fingerprint density at radius 2 is 1.83 bits per heavy atom. The van der Waals surface area contributed by atoms with Crippen molar-refractivity contribution in [2.45, 2.75) is 38.2 Å². The molecule has 29 heavy (non-hydrogen) atoms. The number of hydrogen-bond donors (Lipinski definition) is 2. The standard InChI is InChI=1S/C23H27NO5/c1-28-20-12-11-17(14-21(20)29-19-9-5-6-10-19)22(25)24-15-18(23(26)27)13-16-7-3-2-4-8-16/h2-4,7-8,11-12,14,18-19H,5-6,9-10,13,15H2,1H3,(H,24,25)(H,26,27). The summed E-state index contributed by atoms with van der Waals surface area (Å²) in [6.07, 6.45) is 4.79. The van der Waals surface area contributed by atoms with Crippen LogP contribution in [0.25, 0.3) is 0 Å². The van der Waals surface area contributed by atoms with E-state index < -0.39 is 11.9 Å². The molecule has 1 fully saturated rings. The monoisotopic (exact) mass is 397 g/mol. The fourth-order valence-corrected chi connectivity index (χ4v) is 3.56. The number of amides is 1. The van der Waals surface area contributed by atoms with E-state index in [4.69, 9.17) is 9.47 Å². The number of hydrogen-bond acceptors (Lipinski definition) is 4. The number of aliphatic carboxylic acids is 1. The molecule has 0 saturated heterocycles. The lowest BCUT2D eigenvalue weighted by atomic mass is 9.99. The molecule has 154 valence electrons. The first-order chi connectivity index (χ1) is 14.1. The highest BCUT2D eigenvalue weighted by molar-refractivity contribution is 5.95. The topological polar surface area (TPSA) is 84.9 Å². The number of carbonyl (C=O) groups excluding carboxylic acids is 1. The number of nitrogens with one attached hydrogen (secondary N) is 1. The van der Waals surface area contributed by atoms with Crippen molar-refractivity contribution in [3.05, 3.63) is 59.7 Å². The van der Waals surface area contributed by atoms with E-state index in [-0.39, 0.29) is 18.6 Å². The van der Waals surface area contributed by atoms with Gasteiger partial charge in [-0.1, -0.05) is 30.3 Å². The van der Waals surface area contributed by atoms with E-state index in [1.165, 1.54) is 0 Å². The molecule has 0 bridgehead atoms. The second-order valence-corrected chi connectivity index (χ2v) is 7.32. The van der Waals surface area contributed by atoms with Crippen molar-refractivity contribution in [3.63, 3.8) is 0 Å². The van der Waals surface area contributed by atoms with E-state index in [1.54, 1.807) is 25.3 Å². The molecule has 1 unspecified atom stereocenters. The average Bonchev–Trinajstić information content (AvgIpc) is 3.24. The lowest BCUT2D eigenvalue weighted by Gasteiger charge is -2.17. The summed E-state index contributed by atoms with van der Waals surface area (Å²) < 4.78 is 11.4. The molecule has 2 aromatic rings. The lowest BCUT2D eigenvalue weighted by molar-refractivity contribution is -0.141. The van der Waals surface area contributed by atoms with Gasteiger partial charge >= 0.3 is 5.97 Å². The molecule has 2 aromatic carbocycles. The molecular weight excluding hydrogens is 370 g/mol. The van der Waals surface area contributed by atoms with Gasteiger partial charge in [0.15, 0.2) is 11.5 Å². The van der Waals surface area contributed by atoms with Gasteiger partial charge in [0.25, 0.3) is 5.91 Å². The molecule has 0 aromatic heterocycles. The number of carboxylic acid groups (broad SMARTS) is 1. The molecule has 0 heterocycles. The van der Waals surface area contributed by atoms with Crippen molar-refractivity contribution in [1.29, 1.82) is 0 Å². The maximum absolute atomic E-state index is 12.6.